The van der Waals surface area contributed by atoms with Gasteiger partial charge in [-0.15, -0.1) is 0 Å². The summed E-state index contributed by atoms with van der Waals surface area (Å²) in [7, 11) is 0. The van der Waals surface area contributed by atoms with Crippen LogP contribution in [-0.4, -0.2) is 44.2 Å². The molecule has 5 nitrogen and oxygen atoms in total. The van der Waals surface area contributed by atoms with Gasteiger partial charge >= 0.3 is 0 Å². The summed E-state index contributed by atoms with van der Waals surface area (Å²) in [5, 5.41) is 0. The predicted molar refractivity (Wildman–Crippen MR) is 85.8 cm³/mol. The number of halogens is 1. The van der Waals surface area contributed by atoms with E-state index in [2.05, 4.69) is 22.9 Å². The van der Waals surface area contributed by atoms with Crippen LogP contribution in [0.5, 0.6) is 0 Å². The molecular formula is C15H24BrNO4. The molecule has 0 aliphatic heterocycles. The number of pyridine rings is 1. The lowest BCUT2D eigenvalue weighted by Crippen LogP contribution is -2.21. The lowest BCUT2D eigenvalue weighted by molar-refractivity contribution is 0.0126. The minimum Gasteiger partial charge on any atom is -0.379 e. The van der Waals surface area contributed by atoms with Crippen LogP contribution < -0.4 is 5.56 Å². The van der Waals surface area contributed by atoms with Crippen molar-refractivity contribution < 1.29 is 14.2 Å². The van der Waals surface area contributed by atoms with Crippen LogP contribution in [0.4, 0.5) is 0 Å². The Balaban J connectivity index is 1.95. The van der Waals surface area contributed by atoms with Gasteiger partial charge in [0.05, 0.1) is 33.0 Å². The average Bonchev–Trinajstić information content (AvgIpc) is 2.48. The van der Waals surface area contributed by atoms with Gasteiger partial charge in [0.15, 0.2) is 0 Å². The minimum atomic E-state index is -0.0257. The molecule has 0 aliphatic rings. The summed E-state index contributed by atoms with van der Waals surface area (Å²) in [6.45, 7) is 6.27. The summed E-state index contributed by atoms with van der Waals surface area (Å²) in [5.74, 6) is 0. The Kier molecular flexibility index (Phi) is 10.4. The molecule has 0 atom stereocenters. The summed E-state index contributed by atoms with van der Waals surface area (Å²) in [5.41, 5.74) is -0.0257. The van der Waals surface area contributed by atoms with Crippen molar-refractivity contribution in [2.45, 2.75) is 26.3 Å². The SMILES string of the molecule is CCCCOCCOCCOCCn1cc(Br)ccc1=O. The molecule has 0 aromatic carbocycles. The average molecular weight is 362 g/mol. The lowest BCUT2D eigenvalue weighted by atomic mass is 10.4. The first-order chi connectivity index (χ1) is 10.2. The van der Waals surface area contributed by atoms with Crippen LogP contribution in [-0.2, 0) is 20.8 Å². The first kappa shape index (κ1) is 18.4. The quantitative estimate of drug-likeness (QED) is 0.536. The van der Waals surface area contributed by atoms with E-state index in [1.54, 1.807) is 16.8 Å². The van der Waals surface area contributed by atoms with Crippen molar-refractivity contribution in [3.63, 3.8) is 0 Å². The molecule has 0 fully saturated rings. The number of hydrogen-bond donors (Lipinski definition) is 0. The van der Waals surface area contributed by atoms with E-state index in [4.69, 9.17) is 14.2 Å². The molecule has 0 unspecified atom stereocenters. The molecule has 0 N–H and O–H groups in total. The maximum atomic E-state index is 11.5. The Labute approximate surface area is 134 Å². The Morgan fingerprint density at radius 3 is 2.29 bits per heavy atom. The van der Waals surface area contributed by atoms with Crippen molar-refractivity contribution in [3.05, 3.63) is 33.2 Å². The second-order valence-corrected chi connectivity index (χ2v) is 5.49. The van der Waals surface area contributed by atoms with E-state index in [9.17, 15) is 4.79 Å². The molecule has 0 saturated heterocycles. The number of rotatable bonds is 12. The number of unbranched alkanes of at least 4 members (excludes halogenated alkanes) is 1. The Morgan fingerprint density at radius 1 is 1.00 bits per heavy atom. The standard InChI is InChI=1S/C15H24BrNO4/c1-2-3-7-19-9-11-21-12-10-20-8-6-17-13-14(16)4-5-15(17)18/h4-5,13H,2-3,6-12H2,1H3. The van der Waals surface area contributed by atoms with E-state index >= 15 is 0 Å². The predicted octanol–water partition coefficient (Wildman–Crippen LogP) is 2.46. The van der Waals surface area contributed by atoms with Crippen LogP contribution in [0.3, 0.4) is 0 Å². The van der Waals surface area contributed by atoms with Crippen molar-refractivity contribution in [1.82, 2.24) is 4.57 Å². The van der Waals surface area contributed by atoms with E-state index in [1.807, 2.05) is 0 Å². The first-order valence-corrected chi connectivity index (χ1v) is 8.12. The van der Waals surface area contributed by atoms with Gasteiger partial charge in [-0.2, -0.15) is 0 Å². The van der Waals surface area contributed by atoms with E-state index in [0.29, 0.717) is 39.6 Å². The second-order valence-electron chi connectivity index (χ2n) is 4.57. The highest BCUT2D eigenvalue weighted by atomic mass is 79.9. The van der Waals surface area contributed by atoms with Gasteiger partial charge < -0.3 is 18.8 Å². The molecular weight excluding hydrogens is 338 g/mol. The molecule has 0 spiro atoms. The maximum absolute atomic E-state index is 11.5. The van der Waals surface area contributed by atoms with Crippen molar-refractivity contribution in [1.29, 1.82) is 0 Å². The molecule has 1 aromatic heterocycles. The third-order valence-electron chi connectivity index (χ3n) is 2.81. The summed E-state index contributed by atoms with van der Waals surface area (Å²) in [6.07, 6.45) is 4.00. The maximum Gasteiger partial charge on any atom is 0.250 e. The first-order valence-electron chi connectivity index (χ1n) is 7.33. The Bertz CT molecular complexity index is 436. The minimum absolute atomic E-state index is 0.0257. The zero-order valence-electron chi connectivity index (χ0n) is 12.6. The molecule has 21 heavy (non-hydrogen) atoms. The second kappa shape index (κ2) is 11.9. The third kappa shape index (κ3) is 9.03. The van der Waals surface area contributed by atoms with Crippen LogP contribution in [0.25, 0.3) is 0 Å². The van der Waals surface area contributed by atoms with E-state index in [-0.39, 0.29) is 5.56 Å². The fourth-order valence-corrected chi connectivity index (χ4v) is 2.01. The normalized spacial score (nSPS) is 11.0. The zero-order valence-corrected chi connectivity index (χ0v) is 14.1. The summed E-state index contributed by atoms with van der Waals surface area (Å²) < 4.78 is 18.7. The van der Waals surface area contributed by atoms with Gasteiger partial charge in [-0.1, -0.05) is 13.3 Å². The summed E-state index contributed by atoms with van der Waals surface area (Å²) in [6, 6.07) is 3.27. The molecule has 0 aliphatic carbocycles. The molecule has 1 rings (SSSR count). The number of ether oxygens (including phenoxy) is 3. The summed E-state index contributed by atoms with van der Waals surface area (Å²) >= 11 is 3.34. The van der Waals surface area contributed by atoms with Crippen molar-refractivity contribution in [2.75, 3.05) is 39.6 Å². The molecule has 0 saturated carbocycles. The third-order valence-corrected chi connectivity index (χ3v) is 3.28. The molecule has 6 heteroatoms. The largest absolute Gasteiger partial charge is 0.379 e. The smallest absolute Gasteiger partial charge is 0.250 e. The van der Waals surface area contributed by atoms with Gasteiger partial charge in [0.2, 0.25) is 0 Å². The number of aromatic nitrogens is 1. The Hall–Kier alpha value is -0.690. The van der Waals surface area contributed by atoms with Crippen molar-refractivity contribution >= 4 is 15.9 Å². The highest BCUT2D eigenvalue weighted by Gasteiger charge is 1.97. The van der Waals surface area contributed by atoms with Crippen LogP contribution in [0.1, 0.15) is 19.8 Å². The summed E-state index contributed by atoms with van der Waals surface area (Å²) in [4.78, 5) is 11.5. The highest BCUT2D eigenvalue weighted by Crippen LogP contribution is 2.04. The zero-order chi connectivity index (χ0) is 15.3. The van der Waals surface area contributed by atoms with Gasteiger partial charge in [0.1, 0.15) is 0 Å². The van der Waals surface area contributed by atoms with Gasteiger partial charge in [0, 0.05) is 29.9 Å². The van der Waals surface area contributed by atoms with Gasteiger partial charge in [-0.25, -0.2) is 0 Å². The molecule has 0 amide bonds. The fourth-order valence-electron chi connectivity index (χ4n) is 1.63. The molecule has 1 aromatic rings. The van der Waals surface area contributed by atoms with E-state index in [0.717, 1.165) is 23.9 Å². The van der Waals surface area contributed by atoms with Crippen LogP contribution in [0.15, 0.2) is 27.6 Å². The van der Waals surface area contributed by atoms with Crippen LogP contribution in [0.2, 0.25) is 0 Å². The molecule has 120 valence electrons. The van der Waals surface area contributed by atoms with Crippen LogP contribution in [0, 0.1) is 0 Å². The highest BCUT2D eigenvalue weighted by molar-refractivity contribution is 9.10. The lowest BCUT2D eigenvalue weighted by Gasteiger charge is -2.08. The molecule has 1 heterocycles. The van der Waals surface area contributed by atoms with Crippen molar-refractivity contribution in [3.8, 4) is 0 Å². The fraction of sp³-hybridized carbons (Fsp3) is 0.667. The molecule has 0 bridgehead atoms. The van der Waals surface area contributed by atoms with E-state index in [1.165, 1.54) is 6.07 Å². The Morgan fingerprint density at radius 2 is 1.62 bits per heavy atom. The topological polar surface area (TPSA) is 49.7 Å². The van der Waals surface area contributed by atoms with Gasteiger partial charge in [-0.05, 0) is 28.4 Å². The van der Waals surface area contributed by atoms with Crippen LogP contribution >= 0.6 is 15.9 Å². The number of nitrogens with zero attached hydrogens (tertiary/aromatic N) is 1. The number of hydrogen-bond acceptors (Lipinski definition) is 4. The van der Waals surface area contributed by atoms with Gasteiger partial charge in [-0.3, -0.25) is 4.79 Å². The monoisotopic (exact) mass is 361 g/mol. The molecule has 0 radical (unpaired) electrons. The van der Waals surface area contributed by atoms with E-state index < -0.39 is 0 Å². The van der Waals surface area contributed by atoms with Crippen molar-refractivity contribution in [2.24, 2.45) is 0 Å². The van der Waals surface area contributed by atoms with Gasteiger partial charge in [0.25, 0.3) is 5.56 Å².